The van der Waals surface area contributed by atoms with Gasteiger partial charge in [-0.25, -0.2) is 9.59 Å². The standard InChI is InChI=1S/C33H38F3N5O6/c1-20-17-41(21(2)19-42)30(43)16-22-15-26(38-31(44)37-24-9-12-27(46-4)13-10-24)11-14-28(22)47-29(20)18-40(3)32(45)39-25-7-5-23(6-8-25)33(34,35)36/h5-15,20-21,29,42H,16-19H2,1-4H3,(H,39,45)(H2,37,38,44)/t20-,21-,29+/m0/s1. The van der Waals surface area contributed by atoms with E-state index in [-0.39, 0.29) is 43.6 Å². The molecule has 47 heavy (non-hydrogen) atoms. The van der Waals surface area contributed by atoms with Gasteiger partial charge in [0, 0.05) is 42.1 Å². The van der Waals surface area contributed by atoms with E-state index >= 15 is 0 Å². The summed E-state index contributed by atoms with van der Waals surface area (Å²) in [5, 5.41) is 18.0. The molecule has 0 aromatic heterocycles. The van der Waals surface area contributed by atoms with Crippen LogP contribution in [0.1, 0.15) is 25.0 Å². The number of urea groups is 2. The summed E-state index contributed by atoms with van der Waals surface area (Å²) < 4.78 is 50.4. The van der Waals surface area contributed by atoms with Gasteiger partial charge >= 0.3 is 18.2 Å². The van der Waals surface area contributed by atoms with Crippen LogP contribution in [0.4, 0.5) is 39.8 Å². The fourth-order valence-electron chi connectivity index (χ4n) is 5.01. The molecule has 0 bridgehead atoms. The summed E-state index contributed by atoms with van der Waals surface area (Å²) in [6.45, 7) is 3.61. The number of amides is 5. The van der Waals surface area contributed by atoms with Crippen molar-refractivity contribution in [1.82, 2.24) is 9.80 Å². The molecule has 4 N–H and O–H groups in total. The third kappa shape index (κ3) is 9.28. The second-order valence-electron chi connectivity index (χ2n) is 11.4. The molecule has 0 saturated carbocycles. The van der Waals surface area contributed by atoms with Crippen molar-refractivity contribution in [3.63, 3.8) is 0 Å². The summed E-state index contributed by atoms with van der Waals surface area (Å²) in [6, 6.07) is 14.2. The predicted octanol–water partition coefficient (Wildman–Crippen LogP) is 5.67. The van der Waals surface area contributed by atoms with E-state index < -0.39 is 35.9 Å². The first-order chi connectivity index (χ1) is 22.3. The van der Waals surface area contributed by atoms with E-state index in [4.69, 9.17) is 9.47 Å². The van der Waals surface area contributed by atoms with Gasteiger partial charge in [-0.1, -0.05) is 6.92 Å². The number of alkyl halides is 3. The molecule has 0 aliphatic carbocycles. The van der Waals surface area contributed by atoms with E-state index in [1.165, 1.54) is 24.1 Å². The predicted molar refractivity (Wildman–Crippen MR) is 171 cm³/mol. The number of carbonyl (C=O) groups excluding carboxylic acids is 3. The van der Waals surface area contributed by atoms with Crippen LogP contribution in [-0.4, -0.2) is 78.9 Å². The second kappa shape index (κ2) is 15.1. The number of aliphatic hydroxyl groups is 1. The molecular weight excluding hydrogens is 619 g/mol. The van der Waals surface area contributed by atoms with Crippen LogP contribution in [0, 0.1) is 5.92 Å². The molecule has 14 heteroatoms. The van der Waals surface area contributed by atoms with Crippen LogP contribution in [-0.2, 0) is 17.4 Å². The highest BCUT2D eigenvalue weighted by molar-refractivity contribution is 6.00. The molecular formula is C33H38F3N5O6. The number of halogens is 3. The third-order valence-corrected chi connectivity index (χ3v) is 7.79. The van der Waals surface area contributed by atoms with Crippen molar-refractivity contribution in [3.05, 3.63) is 77.9 Å². The Morgan fingerprint density at radius 2 is 1.62 bits per heavy atom. The van der Waals surface area contributed by atoms with E-state index in [1.54, 1.807) is 61.4 Å². The Labute approximate surface area is 270 Å². The molecule has 0 unspecified atom stereocenters. The molecule has 5 amide bonds. The first-order valence-corrected chi connectivity index (χ1v) is 14.9. The Morgan fingerprint density at radius 3 is 2.23 bits per heavy atom. The molecule has 1 heterocycles. The van der Waals surface area contributed by atoms with Gasteiger partial charge in [0.1, 0.15) is 17.6 Å². The molecule has 3 aromatic carbocycles. The molecule has 0 radical (unpaired) electrons. The van der Waals surface area contributed by atoms with Crippen LogP contribution in [0.3, 0.4) is 0 Å². The van der Waals surface area contributed by atoms with Gasteiger partial charge in [0.2, 0.25) is 5.91 Å². The summed E-state index contributed by atoms with van der Waals surface area (Å²) in [5.41, 5.74) is 0.797. The van der Waals surface area contributed by atoms with Crippen molar-refractivity contribution in [1.29, 1.82) is 0 Å². The number of anilines is 3. The van der Waals surface area contributed by atoms with Gasteiger partial charge in [0.15, 0.2) is 0 Å². The number of hydrogen-bond acceptors (Lipinski definition) is 6. The van der Waals surface area contributed by atoms with Crippen molar-refractivity contribution >= 4 is 35.0 Å². The highest BCUT2D eigenvalue weighted by Crippen LogP contribution is 2.31. The minimum atomic E-state index is -4.50. The van der Waals surface area contributed by atoms with Gasteiger partial charge in [0.05, 0.1) is 38.3 Å². The summed E-state index contributed by atoms with van der Waals surface area (Å²) in [4.78, 5) is 42.1. The van der Waals surface area contributed by atoms with Gasteiger partial charge in [0.25, 0.3) is 0 Å². The quantitative estimate of drug-likeness (QED) is 0.247. The lowest BCUT2D eigenvalue weighted by molar-refractivity contribution is -0.137. The summed E-state index contributed by atoms with van der Waals surface area (Å²) in [7, 11) is 3.07. The molecule has 0 spiro atoms. The zero-order valence-corrected chi connectivity index (χ0v) is 26.4. The average Bonchev–Trinajstić information content (AvgIpc) is 3.08. The van der Waals surface area contributed by atoms with E-state index in [0.29, 0.717) is 28.4 Å². The molecule has 3 atom stereocenters. The Morgan fingerprint density at radius 1 is 1.02 bits per heavy atom. The van der Waals surface area contributed by atoms with Crippen molar-refractivity contribution in [2.75, 3.05) is 49.8 Å². The van der Waals surface area contributed by atoms with Crippen molar-refractivity contribution < 1.29 is 42.1 Å². The van der Waals surface area contributed by atoms with E-state index in [9.17, 15) is 32.7 Å². The number of methoxy groups -OCH3 is 1. The lowest BCUT2D eigenvalue weighted by Crippen LogP contribution is -2.48. The summed E-state index contributed by atoms with van der Waals surface area (Å²) >= 11 is 0. The molecule has 1 aliphatic rings. The number of ether oxygens (including phenoxy) is 2. The first kappa shape index (κ1) is 34.9. The maximum absolute atomic E-state index is 13.5. The fraction of sp³-hybridized carbons (Fsp3) is 0.364. The number of likely N-dealkylation sites (N-methyl/N-ethyl adjacent to an activating group) is 1. The number of hydrogen-bond donors (Lipinski definition) is 4. The van der Waals surface area contributed by atoms with Crippen molar-refractivity contribution in [2.24, 2.45) is 5.92 Å². The Bertz CT molecular complexity index is 1550. The molecule has 0 fully saturated rings. The maximum atomic E-state index is 13.5. The van der Waals surface area contributed by atoms with Gasteiger partial charge < -0.3 is 40.3 Å². The Kier molecular flexibility index (Phi) is 11.2. The number of rotatable bonds is 8. The molecule has 3 aromatic rings. The molecule has 0 saturated heterocycles. The minimum absolute atomic E-state index is 0.0624. The number of carbonyl (C=O) groups is 3. The lowest BCUT2D eigenvalue weighted by atomic mass is 10.0. The zero-order chi connectivity index (χ0) is 34.3. The van der Waals surface area contributed by atoms with Crippen LogP contribution in [0.5, 0.6) is 11.5 Å². The normalized spacial score (nSPS) is 17.2. The fourth-order valence-corrected chi connectivity index (χ4v) is 5.01. The topological polar surface area (TPSA) is 132 Å². The van der Waals surface area contributed by atoms with Crippen LogP contribution >= 0.6 is 0 Å². The van der Waals surface area contributed by atoms with Crippen LogP contribution in [0.25, 0.3) is 0 Å². The van der Waals surface area contributed by atoms with Gasteiger partial charge in [-0.3, -0.25) is 4.79 Å². The number of fused-ring (bicyclic) bond motifs is 1. The summed E-state index contributed by atoms with van der Waals surface area (Å²) in [6.07, 6.45) is -5.20. The number of nitrogens with zero attached hydrogens (tertiary/aromatic N) is 2. The molecule has 252 valence electrons. The third-order valence-electron chi connectivity index (χ3n) is 7.79. The van der Waals surface area contributed by atoms with Crippen molar-refractivity contribution in [3.8, 4) is 11.5 Å². The van der Waals surface area contributed by atoms with E-state index in [2.05, 4.69) is 16.0 Å². The maximum Gasteiger partial charge on any atom is 0.416 e. The first-order valence-electron chi connectivity index (χ1n) is 14.9. The zero-order valence-electron chi connectivity index (χ0n) is 26.4. The van der Waals surface area contributed by atoms with Gasteiger partial charge in [-0.15, -0.1) is 0 Å². The molecule has 1 aliphatic heterocycles. The lowest BCUT2D eigenvalue weighted by Gasteiger charge is -2.34. The van der Waals surface area contributed by atoms with Crippen molar-refractivity contribution in [2.45, 2.75) is 38.6 Å². The SMILES string of the molecule is COc1ccc(NC(=O)Nc2ccc3c(c2)CC(=O)N([C@@H](C)CO)C[C@H](C)[C@@H](CN(C)C(=O)Nc2ccc(C(F)(F)F)cc2)O3)cc1. The van der Waals surface area contributed by atoms with Gasteiger partial charge in [-0.05, 0) is 73.7 Å². The van der Waals surface area contributed by atoms with E-state index in [1.807, 2.05) is 6.92 Å². The smallest absolute Gasteiger partial charge is 0.416 e. The highest BCUT2D eigenvalue weighted by atomic mass is 19.4. The largest absolute Gasteiger partial charge is 0.497 e. The van der Waals surface area contributed by atoms with E-state index in [0.717, 1.165) is 12.1 Å². The highest BCUT2D eigenvalue weighted by Gasteiger charge is 2.32. The Hall–Kier alpha value is -4.98. The number of nitrogens with one attached hydrogen (secondary N) is 3. The Balaban J connectivity index is 1.52. The second-order valence-corrected chi connectivity index (χ2v) is 11.4. The monoisotopic (exact) mass is 657 g/mol. The van der Waals surface area contributed by atoms with Crippen LogP contribution in [0.15, 0.2) is 66.7 Å². The number of aliphatic hydroxyl groups excluding tert-OH is 1. The van der Waals surface area contributed by atoms with Crippen LogP contribution in [0.2, 0.25) is 0 Å². The summed E-state index contributed by atoms with van der Waals surface area (Å²) in [5.74, 6) is 0.457. The van der Waals surface area contributed by atoms with Gasteiger partial charge in [-0.2, -0.15) is 13.2 Å². The minimum Gasteiger partial charge on any atom is -0.497 e. The van der Waals surface area contributed by atoms with Crippen LogP contribution < -0.4 is 25.4 Å². The average molecular weight is 658 g/mol. The molecule has 11 nitrogen and oxygen atoms in total. The number of benzene rings is 3. The molecule has 4 rings (SSSR count).